The number of nitrogens with two attached hydrogens (primary N) is 1. The molecule has 0 radical (unpaired) electrons. The van der Waals surface area contributed by atoms with Crippen molar-refractivity contribution in [1.82, 2.24) is 15.3 Å². The van der Waals surface area contributed by atoms with Crippen molar-refractivity contribution < 1.29 is 4.79 Å². The van der Waals surface area contributed by atoms with Gasteiger partial charge in [0.15, 0.2) is 0 Å². The molecule has 0 atom stereocenters. The van der Waals surface area contributed by atoms with Crippen LogP contribution in [0.5, 0.6) is 0 Å². The van der Waals surface area contributed by atoms with Crippen LogP contribution in [0.15, 0.2) is 36.8 Å². The third-order valence-electron chi connectivity index (χ3n) is 2.64. The van der Waals surface area contributed by atoms with E-state index in [2.05, 4.69) is 20.6 Å². The summed E-state index contributed by atoms with van der Waals surface area (Å²) >= 11 is 0. The number of benzene rings is 1. The van der Waals surface area contributed by atoms with Crippen molar-refractivity contribution in [3.05, 3.63) is 48.0 Å². The first-order chi connectivity index (χ1) is 9.20. The lowest BCUT2D eigenvalue weighted by Gasteiger charge is -2.10. The molecular formula is C13H15N5O. The zero-order valence-corrected chi connectivity index (χ0v) is 10.6. The number of amides is 1. The number of carbonyl (C=O) groups is 1. The first-order valence-electron chi connectivity index (χ1n) is 5.81. The molecule has 0 fully saturated rings. The second-order valence-electron chi connectivity index (χ2n) is 3.94. The number of anilines is 2. The van der Waals surface area contributed by atoms with Crippen LogP contribution in [0.1, 0.15) is 16.1 Å². The molecule has 0 saturated heterocycles. The molecule has 0 aliphatic rings. The van der Waals surface area contributed by atoms with Crippen molar-refractivity contribution in [3.63, 3.8) is 0 Å². The van der Waals surface area contributed by atoms with Crippen molar-refractivity contribution in [2.45, 2.75) is 6.54 Å². The van der Waals surface area contributed by atoms with Gasteiger partial charge < -0.3 is 16.4 Å². The second-order valence-corrected chi connectivity index (χ2v) is 3.94. The van der Waals surface area contributed by atoms with Crippen molar-refractivity contribution in [3.8, 4) is 0 Å². The van der Waals surface area contributed by atoms with Crippen LogP contribution in [0.4, 0.5) is 11.4 Å². The summed E-state index contributed by atoms with van der Waals surface area (Å²) in [6.07, 6.45) is 3.18. The van der Waals surface area contributed by atoms with Crippen LogP contribution in [0.25, 0.3) is 0 Å². The molecule has 0 spiro atoms. The molecule has 4 N–H and O–H groups in total. The molecule has 2 aromatic rings. The number of carbonyl (C=O) groups excluding carboxylic acids is 1. The van der Waals surface area contributed by atoms with Gasteiger partial charge in [0.1, 0.15) is 6.33 Å². The predicted octanol–water partition coefficient (Wildman–Crippen LogP) is 1.03. The topological polar surface area (TPSA) is 92.9 Å². The minimum absolute atomic E-state index is 0.158. The summed E-state index contributed by atoms with van der Waals surface area (Å²) < 4.78 is 0. The van der Waals surface area contributed by atoms with Gasteiger partial charge in [-0.1, -0.05) is 0 Å². The van der Waals surface area contributed by atoms with Gasteiger partial charge in [-0.2, -0.15) is 0 Å². The fourth-order valence-corrected chi connectivity index (χ4v) is 1.62. The number of nitrogens with zero attached hydrogens (tertiary/aromatic N) is 2. The van der Waals surface area contributed by atoms with Gasteiger partial charge in [-0.3, -0.25) is 4.79 Å². The number of hydrogen-bond acceptors (Lipinski definition) is 5. The van der Waals surface area contributed by atoms with Crippen molar-refractivity contribution in [1.29, 1.82) is 0 Å². The molecule has 19 heavy (non-hydrogen) atoms. The summed E-state index contributed by atoms with van der Waals surface area (Å²) in [5, 5.41) is 5.72. The summed E-state index contributed by atoms with van der Waals surface area (Å²) in [7, 11) is 1.58. The Kier molecular flexibility index (Phi) is 3.92. The first-order valence-corrected chi connectivity index (χ1v) is 5.81. The van der Waals surface area contributed by atoms with Gasteiger partial charge in [0, 0.05) is 18.8 Å². The van der Waals surface area contributed by atoms with Crippen LogP contribution in [-0.4, -0.2) is 22.9 Å². The SMILES string of the molecule is CNC(=O)c1ccc(NCc2ccncn2)c(N)c1. The van der Waals surface area contributed by atoms with Crippen molar-refractivity contribution in [2.24, 2.45) is 0 Å². The molecule has 6 heteroatoms. The Morgan fingerprint density at radius 1 is 1.37 bits per heavy atom. The Bertz CT molecular complexity index is 571. The average molecular weight is 257 g/mol. The monoisotopic (exact) mass is 257 g/mol. The molecule has 6 nitrogen and oxygen atoms in total. The summed E-state index contributed by atoms with van der Waals surface area (Å²) in [4.78, 5) is 19.4. The van der Waals surface area contributed by atoms with Gasteiger partial charge in [0.25, 0.3) is 5.91 Å². The highest BCUT2D eigenvalue weighted by molar-refractivity contribution is 5.95. The molecule has 0 saturated carbocycles. The van der Waals surface area contributed by atoms with Crippen molar-refractivity contribution in [2.75, 3.05) is 18.1 Å². The summed E-state index contributed by atoms with van der Waals surface area (Å²) in [5.41, 5.74) is 8.60. The zero-order chi connectivity index (χ0) is 13.7. The maximum absolute atomic E-state index is 11.5. The van der Waals surface area contributed by atoms with Gasteiger partial charge in [-0.25, -0.2) is 9.97 Å². The van der Waals surface area contributed by atoms with E-state index in [0.717, 1.165) is 11.4 Å². The quantitative estimate of drug-likeness (QED) is 0.711. The maximum atomic E-state index is 11.5. The van der Waals surface area contributed by atoms with E-state index in [1.165, 1.54) is 6.33 Å². The Balaban J connectivity index is 2.07. The van der Waals surface area contributed by atoms with E-state index in [9.17, 15) is 4.79 Å². The third-order valence-corrected chi connectivity index (χ3v) is 2.64. The highest BCUT2D eigenvalue weighted by Gasteiger charge is 2.06. The number of aromatic nitrogens is 2. The fourth-order valence-electron chi connectivity index (χ4n) is 1.62. The molecule has 1 heterocycles. The number of nitrogens with one attached hydrogen (secondary N) is 2. The maximum Gasteiger partial charge on any atom is 0.251 e. The van der Waals surface area contributed by atoms with Crippen LogP contribution in [-0.2, 0) is 6.54 Å². The first kappa shape index (κ1) is 12.8. The molecule has 0 aliphatic heterocycles. The molecule has 98 valence electrons. The number of hydrogen-bond donors (Lipinski definition) is 3. The lowest BCUT2D eigenvalue weighted by atomic mass is 10.1. The average Bonchev–Trinajstić information content (AvgIpc) is 2.46. The Morgan fingerprint density at radius 2 is 2.21 bits per heavy atom. The number of rotatable bonds is 4. The highest BCUT2D eigenvalue weighted by Crippen LogP contribution is 2.20. The lowest BCUT2D eigenvalue weighted by Crippen LogP contribution is -2.18. The van der Waals surface area contributed by atoms with Crippen LogP contribution in [0.3, 0.4) is 0 Å². The molecule has 0 unspecified atom stereocenters. The predicted molar refractivity (Wildman–Crippen MR) is 73.6 cm³/mol. The molecule has 1 amide bonds. The largest absolute Gasteiger partial charge is 0.397 e. The lowest BCUT2D eigenvalue weighted by molar-refractivity contribution is 0.0963. The zero-order valence-electron chi connectivity index (χ0n) is 10.6. The molecular weight excluding hydrogens is 242 g/mol. The van der Waals surface area contributed by atoms with Crippen LogP contribution < -0.4 is 16.4 Å². The van der Waals surface area contributed by atoms with Crippen molar-refractivity contribution >= 4 is 17.3 Å². The molecule has 2 rings (SSSR count). The molecule has 1 aromatic carbocycles. The minimum Gasteiger partial charge on any atom is -0.397 e. The molecule has 0 bridgehead atoms. The number of nitrogen functional groups attached to an aromatic ring is 1. The Morgan fingerprint density at radius 3 is 2.84 bits per heavy atom. The van der Waals surface area contributed by atoms with Crippen LogP contribution >= 0.6 is 0 Å². The van der Waals surface area contributed by atoms with E-state index >= 15 is 0 Å². The van der Waals surface area contributed by atoms with E-state index in [1.807, 2.05) is 6.07 Å². The highest BCUT2D eigenvalue weighted by atomic mass is 16.1. The van der Waals surface area contributed by atoms with Gasteiger partial charge in [-0.05, 0) is 24.3 Å². The van der Waals surface area contributed by atoms with Gasteiger partial charge in [0.05, 0.1) is 23.6 Å². The molecule has 1 aromatic heterocycles. The normalized spacial score (nSPS) is 9.95. The van der Waals surface area contributed by atoms with Gasteiger partial charge >= 0.3 is 0 Å². The smallest absolute Gasteiger partial charge is 0.251 e. The van der Waals surface area contributed by atoms with E-state index in [1.54, 1.807) is 31.4 Å². The third kappa shape index (κ3) is 3.19. The van der Waals surface area contributed by atoms with Gasteiger partial charge in [0.2, 0.25) is 0 Å². The van der Waals surface area contributed by atoms with E-state index in [-0.39, 0.29) is 5.91 Å². The second kappa shape index (κ2) is 5.81. The van der Waals surface area contributed by atoms with E-state index in [0.29, 0.717) is 17.8 Å². The van der Waals surface area contributed by atoms with Crippen LogP contribution in [0.2, 0.25) is 0 Å². The summed E-state index contributed by atoms with van der Waals surface area (Å²) in [6, 6.07) is 6.96. The van der Waals surface area contributed by atoms with Crippen LogP contribution in [0, 0.1) is 0 Å². The molecule has 0 aliphatic carbocycles. The van der Waals surface area contributed by atoms with Gasteiger partial charge in [-0.15, -0.1) is 0 Å². The summed E-state index contributed by atoms with van der Waals surface area (Å²) in [5.74, 6) is -0.158. The minimum atomic E-state index is -0.158. The fraction of sp³-hybridized carbons (Fsp3) is 0.154. The Labute approximate surface area is 111 Å². The standard InChI is InChI=1S/C13H15N5O/c1-15-13(19)9-2-3-12(11(14)6-9)17-7-10-4-5-16-8-18-10/h2-6,8,17H,7,14H2,1H3,(H,15,19). The Hall–Kier alpha value is -2.63. The summed E-state index contributed by atoms with van der Waals surface area (Å²) in [6.45, 7) is 0.548. The van der Waals surface area contributed by atoms with E-state index in [4.69, 9.17) is 5.73 Å². The van der Waals surface area contributed by atoms with E-state index < -0.39 is 0 Å².